The maximum atomic E-state index is 10.5. The predicted molar refractivity (Wildman–Crippen MR) is 60.1 cm³/mol. The van der Waals surface area contributed by atoms with E-state index in [1.807, 2.05) is 12.1 Å². The van der Waals surface area contributed by atoms with Gasteiger partial charge >= 0.3 is 7.60 Å². The van der Waals surface area contributed by atoms with E-state index in [4.69, 9.17) is 21.4 Å². The Morgan fingerprint density at radius 1 is 1.27 bits per heavy atom. The van der Waals surface area contributed by atoms with Crippen molar-refractivity contribution in [1.82, 2.24) is 5.32 Å². The third kappa shape index (κ3) is 5.92. The normalized spacial score (nSPS) is 11.7. The molecule has 0 heterocycles. The first-order valence-corrected chi connectivity index (χ1v) is 6.65. The van der Waals surface area contributed by atoms with Crippen LogP contribution in [-0.2, 0) is 11.0 Å². The van der Waals surface area contributed by atoms with Gasteiger partial charge in [0.2, 0.25) is 0 Å². The van der Waals surface area contributed by atoms with Crippen molar-refractivity contribution in [3.8, 4) is 0 Å². The third-order valence-electron chi connectivity index (χ3n) is 1.82. The lowest BCUT2D eigenvalue weighted by molar-refractivity contribution is 0.368. The Bertz CT molecular complexity index is 349. The maximum Gasteiger partial charge on any atom is 0.339 e. The van der Waals surface area contributed by atoms with E-state index in [0.717, 1.165) is 12.0 Å². The molecule has 6 heteroatoms. The summed E-state index contributed by atoms with van der Waals surface area (Å²) in [5, 5.41) is 3.37. The minimum absolute atomic E-state index is 0.277. The molecule has 0 aliphatic carbocycles. The van der Waals surface area contributed by atoms with Gasteiger partial charge in [-0.3, -0.25) is 4.57 Å². The maximum absolute atomic E-state index is 10.5. The van der Waals surface area contributed by atoms with Gasteiger partial charge in [0, 0.05) is 5.02 Å². The first kappa shape index (κ1) is 12.7. The number of nitrogens with one attached hydrogen (secondary N) is 1. The van der Waals surface area contributed by atoms with E-state index in [0.29, 0.717) is 11.6 Å². The molecule has 15 heavy (non-hydrogen) atoms. The molecule has 0 unspecified atom stereocenters. The van der Waals surface area contributed by atoms with Crippen molar-refractivity contribution >= 4 is 19.2 Å². The number of halogens is 1. The van der Waals surface area contributed by atoms with Crippen LogP contribution < -0.4 is 5.32 Å². The van der Waals surface area contributed by atoms with Crippen molar-refractivity contribution in [1.29, 1.82) is 0 Å². The molecule has 0 aliphatic rings. The Labute approximate surface area is 93.4 Å². The molecular weight excluding hydrogens is 237 g/mol. The standard InChI is InChI=1S/C9H13ClNO3P/c10-9-3-1-8(2-4-9)5-6-11-7-15(12,13)14/h1-4,11H,5-7H2,(H2,12,13,14). The van der Waals surface area contributed by atoms with Crippen LogP contribution in [0.3, 0.4) is 0 Å². The van der Waals surface area contributed by atoms with Crippen molar-refractivity contribution in [2.45, 2.75) is 6.42 Å². The Morgan fingerprint density at radius 3 is 2.40 bits per heavy atom. The molecule has 0 aliphatic heterocycles. The van der Waals surface area contributed by atoms with Crippen LogP contribution in [0.5, 0.6) is 0 Å². The molecule has 0 atom stereocenters. The van der Waals surface area contributed by atoms with E-state index in [2.05, 4.69) is 5.32 Å². The van der Waals surface area contributed by atoms with Crippen molar-refractivity contribution < 1.29 is 14.4 Å². The molecule has 3 N–H and O–H groups in total. The zero-order chi connectivity index (χ0) is 11.3. The van der Waals surface area contributed by atoms with E-state index >= 15 is 0 Å². The van der Waals surface area contributed by atoms with Gasteiger partial charge in [0.15, 0.2) is 0 Å². The second-order valence-corrected chi connectivity index (χ2v) is 5.28. The van der Waals surface area contributed by atoms with Gasteiger partial charge in [0.25, 0.3) is 0 Å². The van der Waals surface area contributed by atoms with Crippen LogP contribution in [-0.4, -0.2) is 22.6 Å². The van der Waals surface area contributed by atoms with Crippen molar-refractivity contribution in [3.63, 3.8) is 0 Å². The lowest BCUT2D eigenvalue weighted by atomic mass is 10.1. The summed E-state index contributed by atoms with van der Waals surface area (Å²) in [4.78, 5) is 17.2. The number of hydrogen-bond acceptors (Lipinski definition) is 2. The molecule has 4 nitrogen and oxygen atoms in total. The fraction of sp³-hybridized carbons (Fsp3) is 0.333. The summed E-state index contributed by atoms with van der Waals surface area (Å²) in [6, 6.07) is 7.36. The van der Waals surface area contributed by atoms with Crippen LogP contribution in [0, 0.1) is 0 Å². The SMILES string of the molecule is O=P(O)(O)CNCCc1ccc(Cl)cc1. The van der Waals surface area contributed by atoms with Gasteiger partial charge in [-0.1, -0.05) is 23.7 Å². The van der Waals surface area contributed by atoms with Crippen LogP contribution in [0.25, 0.3) is 0 Å². The summed E-state index contributed by atoms with van der Waals surface area (Å²) in [5.74, 6) is 0. The van der Waals surface area contributed by atoms with Gasteiger partial charge in [0.1, 0.15) is 0 Å². The molecular formula is C9H13ClNO3P. The summed E-state index contributed by atoms with van der Waals surface area (Å²) in [6.07, 6.45) is 0.442. The number of hydrogen-bond donors (Lipinski definition) is 3. The minimum atomic E-state index is -3.93. The number of benzene rings is 1. The van der Waals surface area contributed by atoms with Crippen LogP contribution in [0.2, 0.25) is 5.02 Å². The zero-order valence-corrected chi connectivity index (χ0v) is 9.71. The van der Waals surface area contributed by atoms with E-state index in [1.165, 1.54) is 0 Å². The predicted octanol–water partition coefficient (Wildman–Crippen LogP) is 1.61. The molecule has 0 saturated carbocycles. The van der Waals surface area contributed by atoms with Crippen LogP contribution in [0.1, 0.15) is 5.56 Å². The minimum Gasteiger partial charge on any atom is -0.324 e. The molecule has 84 valence electrons. The fourth-order valence-corrected chi connectivity index (χ4v) is 1.68. The van der Waals surface area contributed by atoms with Gasteiger partial charge < -0.3 is 15.1 Å². The molecule has 1 aromatic rings. The number of rotatable bonds is 5. The summed E-state index contributed by atoms with van der Waals surface area (Å²) < 4.78 is 10.5. The molecule has 0 fully saturated rings. The summed E-state index contributed by atoms with van der Waals surface area (Å²) in [5.41, 5.74) is 1.08. The topological polar surface area (TPSA) is 69.6 Å². The molecule has 0 spiro atoms. The summed E-state index contributed by atoms with van der Waals surface area (Å²) >= 11 is 5.71. The Balaban J connectivity index is 2.26. The lowest BCUT2D eigenvalue weighted by Crippen LogP contribution is -2.18. The van der Waals surface area contributed by atoms with Gasteiger partial charge in [-0.2, -0.15) is 0 Å². The highest BCUT2D eigenvalue weighted by Crippen LogP contribution is 2.31. The fourth-order valence-electron chi connectivity index (χ4n) is 1.11. The quantitative estimate of drug-likeness (QED) is 0.548. The summed E-state index contributed by atoms with van der Waals surface area (Å²) in [6.45, 7) is 0.534. The van der Waals surface area contributed by atoms with Gasteiger partial charge in [-0.05, 0) is 30.7 Å². The lowest BCUT2D eigenvalue weighted by Gasteiger charge is -2.06. The largest absolute Gasteiger partial charge is 0.339 e. The van der Waals surface area contributed by atoms with Gasteiger partial charge in [0.05, 0.1) is 6.29 Å². The smallest absolute Gasteiger partial charge is 0.324 e. The first-order chi connectivity index (χ1) is 6.97. The second kappa shape index (κ2) is 5.64. The monoisotopic (exact) mass is 249 g/mol. The highest BCUT2D eigenvalue weighted by molar-refractivity contribution is 7.51. The van der Waals surface area contributed by atoms with Crippen molar-refractivity contribution in [2.75, 3.05) is 12.8 Å². The molecule has 0 radical (unpaired) electrons. The summed E-state index contributed by atoms with van der Waals surface area (Å²) in [7, 11) is -3.93. The molecule has 0 bridgehead atoms. The van der Waals surface area contributed by atoms with Gasteiger partial charge in [-0.25, -0.2) is 0 Å². The van der Waals surface area contributed by atoms with Crippen LogP contribution in [0.4, 0.5) is 0 Å². The van der Waals surface area contributed by atoms with Crippen LogP contribution in [0.15, 0.2) is 24.3 Å². The Kier molecular flexibility index (Phi) is 4.77. The van der Waals surface area contributed by atoms with Crippen LogP contribution >= 0.6 is 19.2 Å². The first-order valence-electron chi connectivity index (χ1n) is 4.47. The average molecular weight is 250 g/mol. The average Bonchev–Trinajstić information content (AvgIpc) is 2.14. The van der Waals surface area contributed by atoms with Gasteiger partial charge in [-0.15, -0.1) is 0 Å². The second-order valence-electron chi connectivity index (χ2n) is 3.20. The molecule has 1 aromatic carbocycles. The van der Waals surface area contributed by atoms with E-state index < -0.39 is 7.60 Å². The highest BCUT2D eigenvalue weighted by Gasteiger charge is 2.10. The highest BCUT2D eigenvalue weighted by atomic mass is 35.5. The van der Waals surface area contributed by atoms with E-state index in [9.17, 15) is 4.57 Å². The molecule has 0 aromatic heterocycles. The molecule has 0 amide bonds. The molecule has 0 saturated heterocycles. The Morgan fingerprint density at radius 2 is 1.87 bits per heavy atom. The van der Waals surface area contributed by atoms with E-state index in [1.54, 1.807) is 12.1 Å². The molecule has 1 rings (SSSR count). The zero-order valence-electron chi connectivity index (χ0n) is 8.06. The Hall–Kier alpha value is -0.380. The van der Waals surface area contributed by atoms with Crippen molar-refractivity contribution in [2.24, 2.45) is 0 Å². The van der Waals surface area contributed by atoms with E-state index in [-0.39, 0.29) is 6.29 Å². The third-order valence-corrected chi connectivity index (χ3v) is 2.71. The van der Waals surface area contributed by atoms with Crippen molar-refractivity contribution in [3.05, 3.63) is 34.9 Å².